The predicted molar refractivity (Wildman–Crippen MR) is 164 cm³/mol. The van der Waals surface area contributed by atoms with Gasteiger partial charge in [0, 0.05) is 18.3 Å². The zero-order valence-corrected chi connectivity index (χ0v) is 25.7. The molecule has 8 nitrogen and oxygen atoms in total. The van der Waals surface area contributed by atoms with Crippen LogP contribution < -0.4 is 15.4 Å². The summed E-state index contributed by atoms with van der Waals surface area (Å²) < 4.78 is 11.8. The molecule has 2 N–H and O–H groups in total. The Bertz CT molecular complexity index is 1400. The highest BCUT2D eigenvalue weighted by Gasteiger charge is 2.72. The lowest BCUT2D eigenvalue weighted by Gasteiger charge is -2.38. The van der Waals surface area contributed by atoms with Crippen LogP contribution in [0.5, 0.6) is 5.75 Å². The molecule has 1 saturated carbocycles. The molecule has 0 unspecified atom stereocenters. The topological polar surface area (TPSA) is 97.0 Å². The molecular formula is C35H43N3O5. The third kappa shape index (κ3) is 5.13. The average Bonchev–Trinajstić information content (AvgIpc) is 3.63. The summed E-state index contributed by atoms with van der Waals surface area (Å²) in [5.41, 5.74) is 1.52. The van der Waals surface area contributed by atoms with Crippen LogP contribution in [0.2, 0.25) is 0 Å². The minimum absolute atomic E-state index is 0.0279. The molecule has 2 saturated heterocycles. The second-order valence-corrected chi connectivity index (χ2v) is 13.2. The molecule has 3 fully saturated rings. The second-order valence-electron chi connectivity index (χ2n) is 13.2. The zero-order chi connectivity index (χ0) is 30.5. The molecule has 8 heteroatoms. The lowest BCUT2D eigenvalue weighted by Crippen LogP contribution is -2.57. The Balaban J connectivity index is 1.30. The number of methoxy groups -OCH3 is 1. The van der Waals surface area contributed by atoms with E-state index in [0.717, 1.165) is 24.8 Å². The Morgan fingerprint density at radius 1 is 1.05 bits per heavy atom. The Labute approximate surface area is 254 Å². The number of hydrogen-bond acceptors (Lipinski definition) is 5. The van der Waals surface area contributed by atoms with E-state index in [1.54, 1.807) is 12.0 Å². The minimum Gasteiger partial charge on any atom is -0.497 e. The van der Waals surface area contributed by atoms with Crippen molar-refractivity contribution in [3.05, 3.63) is 71.8 Å². The Morgan fingerprint density at radius 3 is 2.44 bits per heavy atom. The molecule has 8 atom stereocenters. The fourth-order valence-electron chi connectivity index (χ4n) is 7.59. The summed E-state index contributed by atoms with van der Waals surface area (Å²) in [6.07, 6.45) is 6.27. The first-order chi connectivity index (χ1) is 20.6. The predicted octanol–water partition coefficient (Wildman–Crippen LogP) is 5.05. The van der Waals surface area contributed by atoms with Crippen LogP contribution in [0.15, 0.2) is 60.7 Å². The number of ether oxygens (including phenoxy) is 2. The molecule has 2 aromatic carbocycles. The van der Waals surface area contributed by atoms with Gasteiger partial charge in [0.1, 0.15) is 17.4 Å². The standard InChI is InChI=1S/C35H43N3O5/c1-20(2)24-11-13-25(14-12-24)36-32(39)29-28-17-18-35(43-28)30(29)34(41)38(19-23-9-15-26(42-5)16-10-23)31(35)33(40)37-27-8-6-7-21(3)22(27)4/h9-18,20-22,27-31H,6-8,19H2,1-5H3,(H,36,39)(H,37,40)/t21-,22+,27-,28+,29-,30+,31+,35+/m1/s1. The number of nitrogens with one attached hydrogen (secondary N) is 2. The summed E-state index contributed by atoms with van der Waals surface area (Å²) in [4.78, 5) is 44.0. The first-order valence-electron chi connectivity index (χ1n) is 15.6. The Morgan fingerprint density at radius 2 is 1.77 bits per heavy atom. The number of carbonyl (C=O) groups excluding carboxylic acids is 3. The van der Waals surface area contributed by atoms with Gasteiger partial charge in [-0.15, -0.1) is 0 Å². The van der Waals surface area contributed by atoms with Gasteiger partial charge >= 0.3 is 0 Å². The van der Waals surface area contributed by atoms with Gasteiger partial charge in [-0.25, -0.2) is 0 Å². The minimum atomic E-state index is -1.20. The van der Waals surface area contributed by atoms with E-state index < -0.39 is 29.6 Å². The highest BCUT2D eigenvalue weighted by Crippen LogP contribution is 2.55. The Kier molecular flexibility index (Phi) is 7.84. The lowest BCUT2D eigenvalue weighted by molar-refractivity contribution is -0.142. The van der Waals surface area contributed by atoms with Crippen molar-refractivity contribution in [1.29, 1.82) is 0 Å². The van der Waals surface area contributed by atoms with Gasteiger partial charge in [0.15, 0.2) is 0 Å². The fourth-order valence-corrected chi connectivity index (χ4v) is 7.59. The van der Waals surface area contributed by atoms with Crippen LogP contribution in [0.1, 0.15) is 64.0 Å². The normalized spacial score (nSPS) is 32.7. The highest BCUT2D eigenvalue weighted by molar-refractivity contribution is 6.02. The van der Waals surface area contributed by atoms with Crippen LogP contribution in [0.25, 0.3) is 0 Å². The third-order valence-corrected chi connectivity index (χ3v) is 10.3. The van der Waals surface area contributed by atoms with E-state index in [4.69, 9.17) is 9.47 Å². The SMILES string of the molecule is COc1ccc(CN2C(=O)[C@@H]3[C@H](C(=O)Nc4ccc(C(C)C)cc4)[C@@H]4C=C[C@@]3(O4)[C@@H]2C(=O)N[C@@H]2CCC[C@@H](C)[C@@H]2C)cc1. The van der Waals surface area contributed by atoms with Gasteiger partial charge in [0.2, 0.25) is 17.7 Å². The van der Waals surface area contributed by atoms with E-state index in [9.17, 15) is 14.4 Å². The van der Waals surface area contributed by atoms with Gasteiger partial charge in [-0.2, -0.15) is 0 Å². The summed E-state index contributed by atoms with van der Waals surface area (Å²) in [6, 6.07) is 14.4. The van der Waals surface area contributed by atoms with E-state index in [1.165, 1.54) is 5.56 Å². The maximum Gasteiger partial charge on any atom is 0.246 e. The maximum atomic E-state index is 14.3. The monoisotopic (exact) mass is 585 g/mol. The van der Waals surface area contributed by atoms with E-state index in [1.807, 2.05) is 60.7 Å². The van der Waals surface area contributed by atoms with Crippen LogP contribution >= 0.6 is 0 Å². The molecule has 6 rings (SSSR count). The second kappa shape index (κ2) is 11.5. The molecular weight excluding hydrogens is 542 g/mol. The van der Waals surface area contributed by atoms with Crippen molar-refractivity contribution in [3.63, 3.8) is 0 Å². The number of nitrogens with zero attached hydrogens (tertiary/aromatic N) is 1. The molecule has 228 valence electrons. The number of anilines is 1. The fraction of sp³-hybridized carbons (Fsp3) is 0.514. The van der Waals surface area contributed by atoms with Gasteiger partial charge in [0.05, 0.1) is 25.0 Å². The molecule has 3 heterocycles. The van der Waals surface area contributed by atoms with E-state index in [0.29, 0.717) is 29.2 Å². The van der Waals surface area contributed by atoms with Gasteiger partial charge in [-0.3, -0.25) is 14.4 Å². The number of amides is 3. The molecule has 1 spiro atoms. The number of carbonyl (C=O) groups is 3. The van der Waals surface area contributed by atoms with Crippen LogP contribution in [0.4, 0.5) is 5.69 Å². The highest BCUT2D eigenvalue weighted by atomic mass is 16.5. The van der Waals surface area contributed by atoms with Crippen molar-refractivity contribution in [1.82, 2.24) is 10.2 Å². The third-order valence-electron chi connectivity index (χ3n) is 10.3. The van der Waals surface area contributed by atoms with Gasteiger partial charge < -0.3 is 25.0 Å². The van der Waals surface area contributed by atoms with Gasteiger partial charge in [-0.1, -0.05) is 77.0 Å². The van der Waals surface area contributed by atoms with Gasteiger partial charge in [0.25, 0.3) is 0 Å². The van der Waals surface area contributed by atoms with Crippen molar-refractivity contribution < 1.29 is 23.9 Å². The Hall–Kier alpha value is -3.65. The maximum absolute atomic E-state index is 14.3. The molecule has 2 bridgehead atoms. The summed E-state index contributed by atoms with van der Waals surface area (Å²) in [5.74, 6) is -0.335. The summed E-state index contributed by atoms with van der Waals surface area (Å²) in [7, 11) is 1.61. The summed E-state index contributed by atoms with van der Waals surface area (Å²) in [5, 5.41) is 6.34. The first-order valence-corrected chi connectivity index (χ1v) is 15.6. The van der Waals surface area contributed by atoms with E-state index in [2.05, 4.69) is 38.3 Å². The quantitative estimate of drug-likeness (QED) is 0.423. The summed E-state index contributed by atoms with van der Waals surface area (Å²) in [6.45, 7) is 8.89. The van der Waals surface area contributed by atoms with Crippen LogP contribution in [0.3, 0.4) is 0 Å². The van der Waals surface area contributed by atoms with Gasteiger partial charge in [-0.05, 0) is 59.6 Å². The number of likely N-dealkylation sites (tertiary alicyclic amines) is 1. The van der Waals surface area contributed by atoms with Crippen molar-refractivity contribution >= 4 is 23.4 Å². The molecule has 43 heavy (non-hydrogen) atoms. The first kappa shape index (κ1) is 29.4. The smallest absolute Gasteiger partial charge is 0.246 e. The van der Waals surface area contributed by atoms with Crippen LogP contribution in [-0.2, 0) is 25.7 Å². The molecule has 3 amide bonds. The summed E-state index contributed by atoms with van der Waals surface area (Å²) >= 11 is 0. The van der Waals surface area contributed by atoms with Crippen LogP contribution in [0, 0.1) is 23.7 Å². The van der Waals surface area contributed by atoms with E-state index >= 15 is 0 Å². The lowest BCUT2D eigenvalue weighted by atomic mass is 9.73. The molecule has 4 aliphatic rings. The molecule has 0 aromatic heterocycles. The number of hydrogen-bond donors (Lipinski definition) is 2. The number of fused-ring (bicyclic) bond motifs is 1. The largest absolute Gasteiger partial charge is 0.497 e. The average molecular weight is 586 g/mol. The molecule has 3 aliphatic heterocycles. The zero-order valence-electron chi connectivity index (χ0n) is 25.7. The van der Waals surface area contributed by atoms with Crippen LogP contribution in [-0.4, -0.2) is 53.5 Å². The van der Waals surface area contributed by atoms with Crippen molar-refractivity contribution in [2.75, 3.05) is 12.4 Å². The number of benzene rings is 2. The van der Waals surface area contributed by atoms with Crippen molar-refractivity contribution in [3.8, 4) is 5.75 Å². The molecule has 1 aliphatic carbocycles. The molecule has 2 aromatic rings. The van der Waals surface area contributed by atoms with Crippen molar-refractivity contribution in [2.45, 2.75) is 83.2 Å². The van der Waals surface area contributed by atoms with E-state index in [-0.39, 0.29) is 30.3 Å². The van der Waals surface area contributed by atoms with Crippen molar-refractivity contribution in [2.24, 2.45) is 23.7 Å². The number of rotatable bonds is 8. The molecule has 0 radical (unpaired) electrons.